The van der Waals surface area contributed by atoms with Crippen LogP contribution in [0, 0.1) is 0 Å². The number of hydrogen-bond acceptors (Lipinski definition) is 3. The third-order valence-electron chi connectivity index (χ3n) is 3.47. The molecule has 0 fully saturated rings. The van der Waals surface area contributed by atoms with Crippen molar-refractivity contribution in [3.05, 3.63) is 41.5 Å². The minimum absolute atomic E-state index is 0.289. The minimum Gasteiger partial charge on any atom is -0.490 e. The molecule has 3 nitrogen and oxygen atoms in total. The van der Waals surface area contributed by atoms with Crippen LogP contribution in [-0.2, 0) is 9.53 Å². The molecule has 0 aromatic heterocycles. The van der Waals surface area contributed by atoms with Crippen molar-refractivity contribution in [2.75, 3.05) is 13.7 Å². The fourth-order valence-electron chi connectivity index (χ4n) is 1.87. The molecule has 0 radical (unpaired) electrons. The molecule has 0 saturated carbocycles. The van der Waals surface area contributed by atoms with Crippen molar-refractivity contribution in [1.29, 1.82) is 0 Å². The van der Waals surface area contributed by atoms with Crippen LogP contribution >= 0.6 is 0 Å². The van der Waals surface area contributed by atoms with Gasteiger partial charge in [0.2, 0.25) is 0 Å². The first-order valence-electron chi connectivity index (χ1n) is 7.12. The van der Waals surface area contributed by atoms with E-state index in [-0.39, 0.29) is 5.97 Å². The predicted molar refractivity (Wildman–Crippen MR) is 81.0 cm³/mol. The van der Waals surface area contributed by atoms with Gasteiger partial charge in [0.1, 0.15) is 12.4 Å². The Kier molecular flexibility index (Phi) is 6.85. The Morgan fingerprint density at radius 2 is 1.90 bits per heavy atom. The molecule has 0 aliphatic heterocycles. The highest BCUT2D eigenvalue weighted by molar-refractivity contribution is 5.88. The third-order valence-corrected chi connectivity index (χ3v) is 3.47. The second-order valence-corrected chi connectivity index (χ2v) is 4.76. The lowest BCUT2D eigenvalue weighted by atomic mass is 9.99. The zero-order valence-corrected chi connectivity index (χ0v) is 12.8. The van der Waals surface area contributed by atoms with Crippen molar-refractivity contribution >= 4 is 5.97 Å². The Labute approximate surface area is 121 Å². The zero-order valence-electron chi connectivity index (χ0n) is 12.8. The van der Waals surface area contributed by atoms with Gasteiger partial charge < -0.3 is 9.47 Å². The Balaban J connectivity index is 2.57. The van der Waals surface area contributed by atoms with Crippen LogP contribution in [0.4, 0.5) is 0 Å². The summed E-state index contributed by atoms with van der Waals surface area (Å²) in [6.45, 7) is 6.69. The molecular formula is C17H24O3. The quantitative estimate of drug-likeness (QED) is 0.556. The normalized spacial score (nSPS) is 12.9. The van der Waals surface area contributed by atoms with Crippen LogP contribution in [0.15, 0.2) is 35.9 Å². The molecule has 0 N–H and O–H groups in total. The smallest absolute Gasteiger partial charge is 0.333 e. The number of carbonyl (C=O) groups is 1. The fourth-order valence-corrected chi connectivity index (χ4v) is 1.87. The van der Waals surface area contributed by atoms with Crippen molar-refractivity contribution in [3.63, 3.8) is 0 Å². The number of carbonyl (C=O) groups excluding carboxylic acids is 1. The van der Waals surface area contributed by atoms with Gasteiger partial charge in [-0.05, 0) is 42.5 Å². The van der Waals surface area contributed by atoms with Crippen molar-refractivity contribution in [3.8, 4) is 5.75 Å². The SMILES string of the molecule is CC/C(=C/COc1ccc(C(C)CC)cc1)C(=O)OC. The van der Waals surface area contributed by atoms with Gasteiger partial charge in [0, 0.05) is 5.57 Å². The third kappa shape index (κ3) is 4.72. The van der Waals surface area contributed by atoms with E-state index in [2.05, 4.69) is 26.0 Å². The highest BCUT2D eigenvalue weighted by Gasteiger charge is 2.06. The minimum atomic E-state index is -0.289. The predicted octanol–water partition coefficient (Wildman–Crippen LogP) is 4.09. The molecule has 1 rings (SSSR count). The lowest BCUT2D eigenvalue weighted by Crippen LogP contribution is -2.06. The van der Waals surface area contributed by atoms with Crippen LogP contribution in [0.2, 0.25) is 0 Å². The number of hydrogen-bond donors (Lipinski definition) is 0. The zero-order chi connectivity index (χ0) is 15.0. The highest BCUT2D eigenvalue weighted by Crippen LogP contribution is 2.21. The maximum absolute atomic E-state index is 11.4. The molecule has 0 spiro atoms. The summed E-state index contributed by atoms with van der Waals surface area (Å²) in [4.78, 5) is 11.4. The lowest BCUT2D eigenvalue weighted by molar-refractivity contribution is -0.136. The first-order chi connectivity index (χ1) is 9.62. The van der Waals surface area contributed by atoms with Gasteiger partial charge in [-0.3, -0.25) is 0 Å². The summed E-state index contributed by atoms with van der Waals surface area (Å²) < 4.78 is 10.3. The van der Waals surface area contributed by atoms with Crippen molar-refractivity contribution in [2.24, 2.45) is 0 Å². The molecule has 1 atom stereocenters. The molecule has 3 heteroatoms. The van der Waals surface area contributed by atoms with Crippen molar-refractivity contribution in [1.82, 2.24) is 0 Å². The van der Waals surface area contributed by atoms with Gasteiger partial charge in [-0.15, -0.1) is 0 Å². The van der Waals surface area contributed by atoms with Crippen molar-refractivity contribution in [2.45, 2.75) is 39.5 Å². The number of rotatable bonds is 7. The molecule has 0 aliphatic carbocycles. The van der Waals surface area contributed by atoms with Gasteiger partial charge in [0.05, 0.1) is 7.11 Å². The molecular weight excluding hydrogens is 252 g/mol. The molecule has 0 saturated heterocycles. The Morgan fingerprint density at radius 3 is 2.40 bits per heavy atom. The molecule has 0 bridgehead atoms. The van der Waals surface area contributed by atoms with E-state index in [4.69, 9.17) is 9.47 Å². The summed E-state index contributed by atoms with van der Waals surface area (Å²) in [5.41, 5.74) is 1.96. The van der Waals surface area contributed by atoms with E-state index in [9.17, 15) is 4.79 Å². The number of ether oxygens (including phenoxy) is 2. The standard InChI is InChI=1S/C17H24O3/c1-5-13(3)15-7-9-16(10-8-15)20-12-11-14(6-2)17(18)19-4/h7-11,13H,5-6,12H2,1-4H3/b14-11-. The van der Waals surface area contributed by atoms with E-state index >= 15 is 0 Å². The summed E-state index contributed by atoms with van der Waals surface area (Å²) in [5.74, 6) is 1.09. The average molecular weight is 276 g/mol. The molecule has 1 aromatic rings. The molecule has 1 unspecified atom stereocenters. The summed E-state index contributed by atoms with van der Waals surface area (Å²) in [7, 11) is 1.39. The monoisotopic (exact) mass is 276 g/mol. The number of methoxy groups -OCH3 is 1. The first kappa shape index (κ1) is 16.3. The van der Waals surface area contributed by atoms with Gasteiger partial charge in [0.15, 0.2) is 0 Å². The van der Waals surface area contributed by atoms with Gasteiger partial charge in [-0.2, -0.15) is 0 Å². The number of esters is 1. The second-order valence-electron chi connectivity index (χ2n) is 4.76. The molecule has 0 heterocycles. The first-order valence-corrected chi connectivity index (χ1v) is 7.12. The summed E-state index contributed by atoms with van der Waals surface area (Å²) in [5, 5.41) is 0. The van der Waals surface area contributed by atoms with Gasteiger partial charge in [0.25, 0.3) is 0 Å². The van der Waals surface area contributed by atoms with Gasteiger partial charge in [-0.25, -0.2) is 4.79 Å². The average Bonchev–Trinajstić information content (AvgIpc) is 2.50. The molecule has 0 aliphatic rings. The van der Waals surface area contributed by atoms with Crippen LogP contribution in [0.1, 0.15) is 45.1 Å². The molecule has 0 amide bonds. The summed E-state index contributed by atoms with van der Waals surface area (Å²) in [6, 6.07) is 8.13. The van der Waals surface area contributed by atoms with Gasteiger partial charge >= 0.3 is 5.97 Å². The van der Waals surface area contributed by atoms with Crippen molar-refractivity contribution < 1.29 is 14.3 Å². The van der Waals surface area contributed by atoms with E-state index in [1.54, 1.807) is 6.08 Å². The highest BCUT2D eigenvalue weighted by atomic mass is 16.5. The lowest BCUT2D eigenvalue weighted by Gasteiger charge is -2.10. The number of benzene rings is 1. The fraction of sp³-hybridized carbons (Fsp3) is 0.471. The molecule has 1 aromatic carbocycles. The maximum Gasteiger partial charge on any atom is 0.333 e. The van der Waals surface area contributed by atoms with Crippen LogP contribution in [0.25, 0.3) is 0 Å². The largest absolute Gasteiger partial charge is 0.490 e. The van der Waals surface area contributed by atoms with E-state index in [0.717, 1.165) is 12.2 Å². The summed E-state index contributed by atoms with van der Waals surface area (Å²) >= 11 is 0. The topological polar surface area (TPSA) is 35.5 Å². The van der Waals surface area contributed by atoms with Crippen LogP contribution in [-0.4, -0.2) is 19.7 Å². The van der Waals surface area contributed by atoms with Crippen LogP contribution in [0.3, 0.4) is 0 Å². The van der Waals surface area contributed by atoms with Crippen LogP contribution < -0.4 is 4.74 Å². The molecule has 110 valence electrons. The van der Waals surface area contributed by atoms with E-state index < -0.39 is 0 Å². The van der Waals surface area contributed by atoms with Crippen LogP contribution in [0.5, 0.6) is 5.75 Å². The Hall–Kier alpha value is -1.77. The molecule has 20 heavy (non-hydrogen) atoms. The summed E-state index contributed by atoms with van der Waals surface area (Å²) in [6.07, 6.45) is 3.54. The Bertz CT molecular complexity index is 446. The second kappa shape index (κ2) is 8.41. The van der Waals surface area contributed by atoms with Gasteiger partial charge in [-0.1, -0.05) is 32.9 Å². The van der Waals surface area contributed by atoms with E-state index in [1.165, 1.54) is 12.7 Å². The Morgan fingerprint density at radius 1 is 1.25 bits per heavy atom. The van der Waals surface area contributed by atoms with E-state index in [0.29, 0.717) is 24.5 Å². The van der Waals surface area contributed by atoms with E-state index in [1.807, 2.05) is 19.1 Å². The maximum atomic E-state index is 11.4.